The van der Waals surface area contributed by atoms with Gasteiger partial charge in [-0.05, 0) is 31.9 Å². The van der Waals surface area contributed by atoms with Crippen LogP contribution in [0.4, 0.5) is 0 Å². The van der Waals surface area contributed by atoms with Crippen LogP contribution in [-0.2, 0) is 19.2 Å². The molecule has 1 unspecified atom stereocenters. The SMILES string of the molecule is C[C@H](NC(=O)c1cnc2ccccc2n1)C(=O)N1CCCC1C(=O)N[C@H](C=O)CC(=O)O. The van der Waals surface area contributed by atoms with Gasteiger partial charge in [0.05, 0.1) is 29.7 Å². The van der Waals surface area contributed by atoms with Gasteiger partial charge >= 0.3 is 5.97 Å². The second-order valence-electron chi connectivity index (χ2n) is 7.48. The molecule has 1 aliphatic rings. The number of aliphatic carboxylic acids is 1. The van der Waals surface area contributed by atoms with E-state index >= 15 is 0 Å². The molecular formula is C21H23N5O6. The summed E-state index contributed by atoms with van der Waals surface area (Å²) in [7, 11) is 0. The highest BCUT2D eigenvalue weighted by Gasteiger charge is 2.37. The molecule has 1 fully saturated rings. The average molecular weight is 441 g/mol. The fourth-order valence-electron chi connectivity index (χ4n) is 3.55. The maximum atomic E-state index is 12.9. The number of nitrogens with one attached hydrogen (secondary N) is 2. The molecule has 1 aromatic carbocycles. The molecule has 0 radical (unpaired) electrons. The predicted octanol–water partition coefficient (Wildman–Crippen LogP) is -0.102. The number of hydrogen-bond donors (Lipinski definition) is 3. The molecule has 1 aliphatic heterocycles. The lowest BCUT2D eigenvalue weighted by Gasteiger charge is -2.27. The van der Waals surface area contributed by atoms with Gasteiger partial charge < -0.3 is 25.4 Å². The first-order chi connectivity index (χ1) is 15.3. The van der Waals surface area contributed by atoms with Gasteiger partial charge in [-0.25, -0.2) is 4.98 Å². The minimum atomic E-state index is -1.23. The van der Waals surface area contributed by atoms with Crippen LogP contribution in [0.2, 0.25) is 0 Å². The molecule has 168 valence electrons. The fraction of sp³-hybridized carbons (Fsp3) is 0.381. The molecule has 1 aromatic heterocycles. The molecule has 2 aromatic rings. The molecule has 3 amide bonds. The summed E-state index contributed by atoms with van der Waals surface area (Å²) in [5, 5.41) is 13.8. The molecule has 3 N–H and O–H groups in total. The summed E-state index contributed by atoms with van der Waals surface area (Å²) in [5.74, 6) is -2.87. The first-order valence-electron chi connectivity index (χ1n) is 10.1. The molecule has 3 atom stereocenters. The first-order valence-corrected chi connectivity index (χ1v) is 10.1. The summed E-state index contributed by atoms with van der Waals surface area (Å²) >= 11 is 0. The van der Waals surface area contributed by atoms with Gasteiger partial charge in [0.2, 0.25) is 11.8 Å². The van der Waals surface area contributed by atoms with E-state index in [9.17, 15) is 24.0 Å². The van der Waals surface area contributed by atoms with E-state index in [0.717, 1.165) is 0 Å². The van der Waals surface area contributed by atoms with E-state index in [2.05, 4.69) is 20.6 Å². The zero-order valence-corrected chi connectivity index (χ0v) is 17.4. The van der Waals surface area contributed by atoms with Gasteiger partial charge in [0.1, 0.15) is 24.1 Å². The number of para-hydroxylation sites is 2. The van der Waals surface area contributed by atoms with Gasteiger partial charge in [-0.1, -0.05) is 12.1 Å². The third kappa shape index (κ3) is 5.23. The number of carboxylic acids is 1. The first kappa shape index (κ1) is 22.8. The average Bonchev–Trinajstić information content (AvgIpc) is 3.27. The summed E-state index contributed by atoms with van der Waals surface area (Å²) in [5.41, 5.74) is 1.23. The zero-order valence-electron chi connectivity index (χ0n) is 17.4. The number of likely N-dealkylation sites (tertiary alicyclic amines) is 1. The highest BCUT2D eigenvalue weighted by atomic mass is 16.4. The Morgan fingerprint density at radius 3 is 2.62 bits per heavy atom. The Morgan fingerprint density at radius 1 is 1.22 bits per heavy atom. The number of carbonyl (C=O) groups excluding carboxylic acids is 4. The molecular weight excluding hydrogens is 418 g/mol. The molecule has 0 saturated carbocycles. The Morgan fingerprint density at radius 2 is 1.94 bits per heavy atom. The number of carboxylic acid groups (broad SMARTS) is 1. The zero-order chi connectivity index (χ0) is 23.3. The van der Waals surface area contributed by atoms with E-state index in [1.54, 1.807) is 24.3 Å². The summed E-state index contributed by atoms with van der Waals surface area (Å²) in [4.78, 5) is 69.6. The third-order valence-electron chi connectivity index (χ3n) is 5.12. The topological polar surface area (TPSA) is 159 Å². The number of amides is 3. The summed E-state index contributed by atoms with van der Waals surface area (Å²) in [6.07, 6.45) is 2.05. The van der Waals surface area contributed by atoms with Crippen molar-refractivity contribution in [2.45, 2.75) is 44.3 Å². The molecule has 2 heterocycles. The van der Waals surface area contributed by atoms with E-state index in [0.29, 0.717) is 36.7 Å². The standard InChI is InChI=1S/C21H23N5O6/c1-12(23-19(30)16-10-22-14-5-2-3-6-15(14)25-16)21(32)26-8-4-7-17(26)20(31)24-13(11-27)9-18(28)29/h2-3,5-6,10-13,17H,4,7-9H2,1H3,(H,23,30)(H,24,31)(H,28,29)/t12-,13-,17?/m0/s1. The smallest absolute Gasteiger partial charge is 0.305 e. The number of benzene rings is 1. The van der Waals surface area contributed by atoms with Crippen LogP contribution in [0.5, 0.6) is 0 Å². The minimum absolute atomic E-state index is 0.0570. The lowest BCUT2D eigenvalue weighted by atomic mass is 10.1. The molecule has 11 heteroatoms. The van der Waals surface area contributed by atoms with E-state index in [1.165, 1.54) is 18.0 Å². The van der Waals surface area contributed by atoms with Crippen LogP contribution in [0.15, 0.2) is 30.5 Å². The maximum absolute atomic E-state index is 12.9. The molecule has 11 nitrogen and oxygen atoms in total. The van der Waals surface area contributed by atoms with Crippen molar-refractivity contribution in [3.63, 3.8) is 0 Å². The van der Waals surface area contributed by atoms with Crippen molar-refractivity contribution < 1.29 is 29.1 Å². The third-order valence-corrected chi connectivity index (χ3v) is 5.12. The number of aldehydes is 1. The van der Waals surface area contributed by atoms with Crippen LogP contribution in [0.3, 0.4) is 0 Å². The Kier molecular flexibility index (Phi) is 7.08. The van der Waals surface area contributed by atoms with Crippen molar-refractivity contribution in [2.24, 2.45) is 0 Å². The van der Waals surface area contributed by atoms with Crippen LogP contribution in [0.25, 0.3) is 11.0 Å². The highest BCUT2D eigenvalue weighted by Crippen LogP contribution is 2.19. The Balaban J connectivity index is 1.64. The Bertz CT molecular complexity index is 1060. The van der Waals surface area contributed by atoms with Gasteiger partial charge in [-0.3, -0.25) is 24.2 Å². The Labute approximate surface area is 183 Å². The molecule has 0 aliphatic carbocycles. The normalized spacial score (nSPS) is 17.4. The van der Waals surface area contributed by atoms with Crippen molar-refractivity contribution in [1.82, 2.24) is 25.5 Å². The summed E-state index contributed by atoms with van der Waals surface area (Å²) < 4.78 is 0. The molecule has 1 saturated heterocycles. The Hall–Kier alpha value is -3.89. The second kappa shape index (κ2) is 9.94. The monoisotopic (exact) mass is 441 g/mol. The lowest BCUT2D eigenvalue weighted by molar-refractivity contribution is -0.141. The number of aromatic nitrogens is 2. The van der Waals surface area contributed by atoms with Crippen LogP contribution < -0.4 is 10.6 Å². The van der Waals surface area contributed by atoms with E-state index in [-0.39, 0.29) is 5.69 Å². The van der Waals surface area contributed by atoms with E-state index < -0.39 is 48.2 Å². The van der Waals surface area contributed by atoms with E-state index in [4.69, 9.17) is 5.11 Å². The number of rotatable bonds is 8. The van der Waals surface area contributed by atoms with Crippen molar-refractivity contribution in [3.8, 4) is 0 Å². The van der Waals surface area contributed by atoms with Crippen LogP contribution in [0, 0.1) is 0 Å². The van der Waals surface area contributed by atoms with Gasteiger partial charge in [-0.15, -0.1) is 0 Å². The van der Waals surface area contributed by atoms with Gasteiger partial charge in [-0.2, -0.15) is 0 Å². The van der Waals surface area contributed by atoms with Crippen molar-refractivity contribution in [1.29, 1.82) is 0 Å². The predicted molar refractivity (Wildman–Crippen MR) is 111 cm³/mol. The molecule has 3 rings (SSSR count). The lowest BCUT2D eigenvalue weighted by Crippen LogP contribution is -2.54. The number of nitrogens with zero attached hydrogens (tertiary/aromatic N) is 3. The fourth-order valence-corrected chi connectivity index (χ4v) is 3.55. The van der Waals surface area contributed by atoms with Gasteiger partial charge in [0.25, 0.3) is 5.91 Å². The van der Waals surface area contributed by atoms with Crippen LogP contribution >= 0.6 is 0 Å². The largest absolute Gasteiger partial charge is 0.481 e. The minimum Gasteiger partial charge on any atom is -0.481 e. The van der Waals surface area contributed by atoms with Crippen molar-refractivity contribution >= 4 is 41.0 Å². The summed E-state index contributed by atoms with van der Waals surface area (Å²) in [6, 6.07) is 4.09. The van der Waals surface area contributed by atoms with Gasteiger partial charge in [0, 0.05) is 6.54 Å². The second-order valence-corrected chi connectivity index (χ2v) is 7.48. The van der Waals surface area contributed by atoms with Crippen LogP contribution in [-0.4, -0.2) is 74.6 Å². The van der Waals surface area contributed by atoms with Crippen LogP contribution in [0.1, 0.15) is 36.7 Å². The quantitative estimate of drug-likeness (QED) is 0.479. The van der Waals surface area contributed by atoms with E-state index in [1.807, 2.05) is 0 Å². The number of fused-ring (bicyclic) bond motifs is 1. The molecule has 32 heavy (non-hydrogen) atoms. The van der Waals surface area contributed by atoms with Crippen molar-refractivity contribution in [3.05, 3.63) is 36.2 Å². The van der Waals surface area contributed by atoms with Crippen molar-refractivity contribution in [2.75, 3.05) is 6.54 Å². The number of hydrogen-bond acceptors (Lipinski definition) is 7. The highest BCUT2D eigenvalue weighted by molar-refractivity contribution is 5.98. The van der Waals surface area contributed by atoms with Gasteiger partial charge in [0.15, 0.2) is 0 Å². The molecule has 0 spiro atoms. The number of carbonyl (C=O) groups is 5. The maximum Gasteiger partial charge on any atom is 0.305 e. The summed E-state index contributed by atoms with van der Waals surface area (Å²) in [6.45, 7) is 1.80. The molecule has 0 bridgehead atoms.